The first-order chi connectivity index (χ1) is 6.52. The molecule has 0 saturated heterocycles. The summed E-state index contributed by atoms with van der Waals surface area (Å²) in [6.07, 6.45) is 2.33. The van der Waals surface area contributed by atoms with Crippen molar-refractivity contribution >= 4 is 46.8 Å². The Kier molecular flexibility index (Phi) is 3.81. The lowest BCUT2D eigenvalue weighted by atomic mass is 10.2. The van der Waals surface area contributed by atoms with Crippen molar-refractivity contribution in [1.29, 1.82) is 0 Å². The third-order valence-corrected chi connectivity index (χ3v) is 2.78. The van der Waals surface area contributed by atoms with Crippen LogP contribution in [-0.4, -0.2) is 11.1 Å². The summed E-state index contributed by atoms with van der Waals surface area (Å²) in [6.45, 7) is 0. The van der Waals surface area contributed by atoms with Crippen LogP contribution in [0.15, 0.2) is 18.2 Å². The van der Waals surface area contributed by atoms with Gasteiger partial charge in [-0.25, -0.2) is 4.79 Å². The van der Waals surface area contributed by atoms with Gasteiger partial charge in [-0.15, -0.1) is 0 Å². The van der Waals surface area contributed by atoms with Crippen molar-refractivity contribution in [2.75, 3.05) is 0 Å². The fraction of sp³-hybridized carbons (Fsp3) is 0. The molecule has 0 aliphatic heterocycles. The number of halogens is 3. The average Bonchev–Trinajstić information content (AvgIpc) is 2.13. The molecule has 0 atom stereocenters. The van der Waals surface area contributed by atoms with Gasteiger partial charge in [-0.3, -0.25) is 0 Å². The van der Waals surface area contributed by atoms with Gasteiger partial charge in [0, 0.05) is 6.08 Å². The fourth-order valence-electron chi connectivity index (χ4n) is 0.831. The molecule has 1 rings (SSSR count). The number of aliphatic carboxylic acids is 1. The van der Waals surface area contributed by atoms with Gasteiger partial charge in [0.05, 0.1) is 15.1 Å². The standard InChI is InChI=1S/C9H5Cl3O2/c10-6-3-1-5(2-4-7(13)14)8(11)9(6)12/h1-4H,(H,13,14). The van der Waals surface area contributed by atoms with Gasteiger partial charge in [0.1, 0.15) is 0 Å². The maximum Gasteiger partial charge on any atom is 0.328 e. The Morgan fingerprint density at radius 2 is 1.86 bits per heavy atom. The van der Waals surface area contributed by atoms with Crippen molar-refractivity contribution in [3.05, 3.63) is 38.8 Å². The van der Waals surface area contributed by atoms with E-state index in [4.69, 9.17) is 39.9 Å². The zero-order chi connectivity index (χ0) is 10.7. The van der Waals surface area contributed by atoms with Crippen molar-refractivity contribution in [2.24, 2.45) is 0 Å². The molecule has 0 fully saturated rings. The van der Waals surface area contributed by atoms with Crippen LogP contribution >= 0.6 is 34.8 Å². The summed E-state index contributed by atoms with van der Waals surface area (Å²) in [4.78, 5) is 10.2. The predicted molar refractivity (Wildman–Crippen MR) is 58.1 cm³/mol. The summed E-state index contributed by atoms with van der Waals surface area (Å²) in [5.41, 5.74) is 0.517. The summed E-state index contributed by atoms with van der Waals surface area (Å²) < 4.78 is 0. The van der Waals surface area contributed by atoms with E-state index in [0.29, 0.717) is 10.6 Å². The molecule has 0 radical (unpaired) electrons. The topological polar surface area (TPSA) is 37.3 Å². The second kappa shape index (κ2) is 4.69. The molecule has 0 saturated carbocycles. The van der Waals surface area contributed by atoms with Gasteiger partial charge in [-0.2, -0.15) is 0 Å². The molecule has 0 amide bonds. The molecule has 74 valence electrons. The average molecular weight is 251 g/mol. The van der Waals surface area contributed by atoms with E-state index in [1.54, 1.807) is 12.1 Å². The van der Waals surface area contributed by atoms with E-state index in [9.17, 15) is 4.79 Å². The van der Waals surface area contributed by atoms with Crippen LogP contribution < -0.4 is 0 Å². The van der Waals surface area contributed by atoms with Crippen molar-refractivity contribution in [2.45, 2.75) is 0 Å². The molecule has 14 heavy (non-hydrogen) atoms. The monoisotopic (exact) mass is 250 g/mol. The fourth-order valence-corrected chi connectivity index (χ4v) is 1.44. The van der Waals surface area contributed by atoms with E-state index in [0.717, 1.165) is 6.08 Å². The number of hydrogen-bond acceptors (Lipinski definition) is 1. The van der Waals surface area contributed by atoms with E-state index in [1.165, 1.54) is 6.08 Å². The summed E-state index contributed by atoms with van der Waals surface area (Å²) in [5.74, 6) is -1.05. The second-order valence-corrected chi connectivity index (χ2v) is 3.60. The minimum absolute atomic E-state index is 0.223. The number of carboxylic acids is 1. The third kappa shape index (κ3) is 2.64. The lowest BCUT2D eigenvalue weighted by Crippen LogP contribution is -1.86. The highest BCUT2D eigenvalue weighted by Crippen LogP contribution is 2.33. The van der Waals surface area contributed by atoms with Crippen molar-refractivity contribution < 1.29 is 9.90 Å². The quantitative estimate of drug-likeness (QED) is 0.642. The molecule has 0 heterocycles. The molecule has 0 spiro atoms. The second-order valence-electron chi connectivity index (χ2n) is 2.44. The molecule has 1 aromatic rings. The maximum atomic E-state index is 10.2. The Bertz CT molecular complexity index is 399. The molecule has 1 aromatic carbocycles. The zero-order valence-corrected chi connectivity index (χ0v) is 9.07. The van der Waals surface area contributed by atoms with E-state index < -0.39 is 5.97 Å². The molecule has 0 aliphatic rings. The first kappa shape index (κ1) is 11.4. The van der Waals surface area contributed by atoms with Gasteiger partial charge in [-0.1, -0.05) is 40.9 Å². The van der Waals surface area contributed by atoms with Crippen LogP contribution in [0.5, 0.6) is 0 Å². The molecule has 0 aromatic heterocycles. The van der Waals surface area contributed by atoms with Crippen LogP contribution in [0.4, 0.5) is 0 Å². The van der Waals surface area contributed by atoms with Gasteiger partial charge < -0.3 is 5.11 Å². The Morgan fingerprint density at radius 3 is 2.43 bits per heavy atom. The normalized spacial score (nSPS) is 10.8. The Labute approximate surface area is 95.7 Å². The maximum absolute atomic E-state index is 10.2. The summed E-state index contributed by atoms with van der Waals surface area (Å²) in [6, 6.07) is 3.15. The number of benzene rings is 1. The third-order valence-electron chi connectivity index (χ3n) is 1.47. The minimum Gasteiger partial charge on any atom is -0.478 e. The Balaban J connectivity index is 3.12. The lowest BCUT2D eigenvalue weighted by Gasteiger charge is -2.01. The van der Waals surface area contributed by atoms with E-state index in [-0.39, 0.29) is 10.0 Å². The number of carboxylic acid groups (broad SMARTS) is 1. The van der Waals surface area contributed by atoms with Crippen LogP contribution in [0.3, 0.4) is 0 Å². The van der Waals surface area contributed by atoms with Gasteiger partial charge in [0.25, 0.3) is 0 Å². The lowest BCUT2D eigenvalue weighted by molar-refractivity contribution is -0.131. The summed E-state index contributed by atoms with van der Waals surface area (Å²) >= 11 is 17.3. The van der Waals surface area contributed by atoms with E-state index >= 15 is 0 Å². The molecular formula is C9H5Cl3O2. The highest BCUT2D eigenvalue weighted by Gasteiger charge is 2.06. The molecule has 2 nitrogen and oxygen atoms in total. The van der Waals surface area contributed by atoms with Gasteiger partial charge in [-0.05, 0) is 17.7 Å². The van der Waals surface area contributed by atoms with Crippen molar-refractivity contribution in [3.8, 4) is 0 Å². The van der Waals surface area contributed by atoms with Gasteiger partial charge >= 0.3 is 5.97 Å². The Morgan fingerprint density at radius 1 is 1.21 bits per heavy atom. The predicted octanol–water partition coefficient (Wildman–Crippen LogP) is 3.74. The van der Waals surface area contributed by atoms with Crippen LogP contribution in [0.1, 0.15) is 5.56 Å². The van der Waals surface area contributed by atoms with Gasteiger partial charge in [0.15, 0.2) is 0 Å². The van der Waals surface area contributed by atoms with Crippen LogP contribution in [0.2, 0.25) is 15.1 Å². The highest BCUT2D eigenvalue weighted by atomic mass is 35.5. The van der Waals surface area contributed by atoms with Crippen LogP contribution in [0, 0.1) is 0 Å². The largest absolute Gasteiger partial charge is 0.478 e. The summed E-state index contributed by atoms with van der Waals surface area (Å²) in [7, 11) is 0. The van der Waals surface area contributed by atoms with Crippen LogP contribution in [-0.2, 0) is 4.79 Å². The van der Waals surface area contributed by atoms with Crippen LogP contribution in [0.25, 0.3) is 6.08 Å². The van der Waals surface area contributed by atoms with E-state index in [2.05, 4.69) is 0 Å². The minimum atomic E-state index is -1.05. The molecule has 0 bridgehead atoms. The molecule has 0 unspecified atom stereocenters. The first-order valence-corrected chi connectivity index (χ1v) is 4.70. The number of carbonyl (C=O) groups is 1. The SMILES string of the molecule is O=C(O)C=Cc1ccc(Cl)c(Cl)c1Cl. The van der Waals surface area contributed by atoms with E-state index in [1.807, 2.05) is 0 Å². The number of hydrogen-bond donors (Lipinski definition) is 1. The zero-order valence-electron chi connectivity index (χ0n) is 6.80. The molecular weight excluding hydrogens is 246 g/mol. The van der Waals surface area contributed by atoms with Gasteiger partial charge in [0.2, 0.25) is 0 Å². The molecule has 0 aliphatic carbocycles. The summed E-state index contributed by atoms with van der Waals surface area (Å²) in [5, 5.41) is 9.21. The molecule has 5 heteroatoms. The Hall–Kier alpha value is -0.700. The van der Waals surface area contributed by atoms with Crippen molar-refractivity contribution in [1.82, 2.24) is 0 Å². The first-order valence-electron chi connectivity index (χ1n) is 3.57. The van der Waals surface area contributed by atoms with Crippen molar-refractivity contribution in [3.63, 3.8) is 0 Å². The highest BCUT2D eigenvalue weighted by molar-refractivity contribution is 6.48. The molecule has 1 N–H and O–H groups in total. The number of rotatable bonds is 2. The smallest absolute Gasteiger partial charge is 0.328 e.